The van der Waals surface area contributed by atoms with Crippen molar-refractivity contribution in [2.24, 2.45) is 0 Å². The molecule has 1 amide bonds. The lowest BCUT2D eigenvalue weighted by Crippen LogP contribution is -2.39. The average molecular weight is 332 g/mol. The van der Waals surface area contributed by atoms with Crippen molar-refractivity contribution in [3.63, 3.8) is 0 Å². The topological polar surface area (TPSA) is 41.6 Å². The van der Waals surface area contributed by atoms with Gasteiger partial charge in [-0.3, -0.25) is 15.2 Å². The Labute approximate surface area is 147 Å². The number of ether oxygens (including phenoxy) is 1. The first kappa shape index (κ1) is 16.6. The molecule has 0 spiro atoms. The normalized spacial score (nSPS) is 10.1. The van der Waals surface area contributed by atoms with Gasteiger partial charge < -0.3 is 4.74 Å². The number of hydrogen-bond donors (Lipinski definition) is 1. The molecule has 0 bridgehead atoms. The Morgan fingerprint density at radius 2 is 1.48 bits per heavy atom. The average Bonchev–Trinajstić information content (AvgIpc) is 2.68. The van der Waals surface area contributed by atoms with Gasteiger partial charge in [0.2, 0.25) is 0 Å². The van der Waals surface area contributed by atoms with Crippen LogP contribution in [0.3, 0.4) is 0 Å². The summed E-state index contributed by atoms with van der Waals surface area (Å²) in [5, 5.41) is 1.70. The van der Waals surface area contributed by atoms with Crippen LogP contribution >= 0.6 is 0 Å². The fourth-order valence-electron chi connectivity index (χ4n) is 2.38. The molecule has 0 saturated heterocycles. The van der Waals surface area contributed by atoms with E-state index in [2.05, 4.69) is 5.43 Å². The number of benzene rings is 3. The molecule has 126 valence electrons. The molecule has 3 rings (SSSR count). The standard InChI is InChI=1S/C21H20N2O2/c1-23(19-10-6-3-7-11-19)22-21(24)18-12-14-20(15-13-18)25-16-17-8-4-2-5-9-17/h2-15H,16H2,1H3,(H,22,24). The molecule has 25 heavy (non-hydrogen) atoms. The molecule has 0 aliphatic rings. The van der Waals surface area contributed by atoms with Crippen molar-refractivity contribution < 1.29 is 9.53 Å². The molecule has 4 nitrogen and oxygen atoms in total. The number of carbonyl (C=O) groups is 1. The Bertz CT molecular complexity index is 802. The third-order valence-corrected chi connectivity index (χ3v) is 3.78. The van der Waals surface area contributed by atoms with Crippen LogP contribution in [-0.2, 0) is 6.61 Å². The first-order chi connectivity index (χ1) is 12.2. The Kier molecular flexibility index (Phi) is 5.32. The van der Waals surface area contributed by atoms with E-state index >= 15 is 0 Å². The number of para-hydroxylation sites is 1. The van der Waals surface area contributed by atoms with Crippen LogP contribution in [0.1, 0.15) is 15.9 Å². The molecule has 0 aliphatic carbocycles. The van der Waals surface area contributed by atoms with Crippen molar-refractivity contribution in [2.45, 2.75) is 6.61 Å². The monoisotopic (exact) mass is 332 g/mol. The summed E-state index contributed by atoms with van der Waals surface area (Å²) in [6.45, 7) is 0.503. The quantitative estimate of drug-likeness (QED) is 0.693. The zero-order valence-electron chi connectivity index (χ0n) is 14.1. The third-order valence-electron chi connectivity index (χ3n) is 3.78. The molecule has 3 aromatic carbocycles. The van der Waals surface area contributed by atoms with Crippen molar-refractivity contribution in [3.05, 3.63) is 96.1 Å². The highest BCUT2D eigenvalue weighted by Crippen LogP contribution is 2.15. The van der Waals surface area contributed by atoms with Crippen LogP contribution in [0.4, 0.5) is 5.69 Å². The smallest absolute Gasteiger partial charge is 0.269 e. The number of carbonyl (C=O) groups excluding carboxylic acids is 1. The number of hydrogen-bond acceptors (Lipinski definition) is 3. The van der Waals surface area contributed by atoms with Gasteiger partial charge in [0.25, 0.3) is 5.91 Å². The van der Waals surface area contributed by atoms with Gasteiger partial charge in [-0.1, -0.05) is 48.5 Å². The highest BCUT2D eigenvalue weighted by molar-refractivity contribution is 5.95. The molecule has 0 saturated carbocycles. The van der Waals surface area contributed by atoms with Crippen LogP contribution in [-0.4, -0.2) is 13.0 Å². The van der Waals surface area contributed by atoms with E-state index in [4.69, 9.17) is 4.74 Å². The molecule has 1 N–H and O–H groups in total. The van der Waals surface area contributed by atoms with Crippen LogP contribution in [0.15, 0.2) is 84.9 Å². The van der Waals surface area contributed by atoms with Gasteiger partial charge in [-0.2, -0.15) is 0 Å². The molecule has 0 heterocycles. The van der Waals surface area contributed by atoms with Crippen LogP contribution in [0.2, 0.25) is 0 Å². The largest absolute Gasteiger partial charge is 0.489 e. The second-order valence-corrected chi connectivity index (χ2v) is 5.63. The van der Waals surface area contributed by atoms with E-state index in [9.17, 15) is 4.79 Å². The molecule has 0 aromatic heterocycles. The minimum atomic E-state index is -0.166. The summed E-state index contributed by atoms with van der Waals surface area (Å²) in [7, 11) is 1.81. The van der Waals surface area contributed by atoms with Gasteiger partial charge in [-0.15, -0.1) is 0 Å². The lowest BCUT2D eigenvalue weighted by Gasteiger charge is -2.20. The van der Waals surface area contributed by atoms with Crippen LogP contribution in [0.25, 0.3) is 0 Å². The molecule has 0 aliphatic heterocycles. The minimum absolute atomic E-state index is 0.166. The molecular weight excluding hydrogens is 312 g/mol. The summed E-state index contributed by atoms with van der Waals surface area (Å²) in [6.07, 6.45) is 0. The zero-order valence-corrected chi connectivity index (χ0v) is 14.1. The van der Waals surface area contributed by atoms with Gasteiger partial charge in [-0.25, -0.2) is 0 Å². The van der Waals surface area contributed by atoms with Crippen molar-refractivity contribution in [1.29, 1.82) is 0 Å². The second-order valence-electron chi connectivity index (χ2n) is 5.63. The van der Waals surface area contributed by atoms with Crippen LogP contribution in [0, 0.1) is 0 Å². The molecule has 0 fully saturated rings. The first-order valence-electron chi connectivity index (χ1n) is 8.09. The maximum Gasteiger partial charge on any atom is 0.269 e. The van der Waals surface area contributed by atoms with Gasteiger partial charge in [-0.05, 0) is 42.0 Å². The minimum Gasteiger partial charge on any atom is -0.489 e. The van der Waals surface area contributed by atoms with Crippen molar-refractivity contribution >= 4 is 11.6 Å². The maximum absolute atomic E-state index is 12.3. The number of amides is 1. The predicted octanol–water partition coefficient (Wildman–Crippen LogP) is 4.05. The Morgan fingerprint density at radius 3 is 2.12 bits per heavy atom. The summed E-state index contributed by atoms with van der Waals surface area (Å²) in [5.41, 5.74) is 5.44. The van der Waals surface area contributed by atoms with E-state index < -0.39 is 0 Å². The molecule has 0 unspecified atom stereocenters. The highest BCUT2D eigenvalue weighted by atomic mass is 16.5. The Hall–Kier alpha value is -3.27. The molecule has 0 radical (unpaired) electrons. The first-order valence-corrected chi connectivity index (χ1v) is 8.09. The number of nitrogens with one attached hydrogen (secondary N) is 1. The number of anilines is 1. The van der Waals surface area contributed by atoms with Crippen molar-refractivity contribution in [2.75, 3.05) is 12.1 Å². The van der Waals surface area contributed by atoms with Gasteiger partial charge in [0.1, 0.15) is 12.4 Å². The fraction of sp³-hybridized carbons (Fsp3) is 0.0952. The summed E-state index contributed by atoms with van der Waals surface area (Å²) >= 11 is 0. The molecular formula is C21H20N2O2. The van der Waals surface area contributed by atoms with Crippen LogP contribution < -0.4 is 15.2 Å². The van der Waals surface area contributed by atoms with E-state index in [0.29, 0.717) is 12.2 Å². The maximum atomic E-state index is 12.3. The number of rotatable bonds is 6. The summed E-state index contributed by atoms with van der Waals surface area (Å²) < 4.78 is 5.74. The van der Waals surface area contributed by atoms with E-state index in [1.165, 1.54) is 0 Å². The summed E-state index contributed by atoms with van der Waals surface area (Å²) in [4.78, 5) is 12.3. The molecule has 4 heteroatoms. The zero-order chi connectivity index (χ0) is 17.5. The van der Waals surface area contributed by atoms with Gasteiger partial charge in [0.05, 0.1) is 5.69 Å². The third kappa shape index (κ3) is 4.61. The summed E-state index contributed by atoms with van der Waals surface area (Å²) in [6, 6.07) is 26.8. The highest BCUT2D eigenvalue weighted by Gasteiger charge is 2.09. The number of hydrazine groups is 1. The predicted molar refractivity (Wildman–Crippen MR) is 99.5 cm³/mol. The molecule has 0 atom stereocenters. The van der Waals surface area contributed by atoms with E-state index in [-0.39, 0.29) is 5.91 Å². The fourth-order valence-corrected chi connectivity index (χ4v) is 2.38. The summed E-state index contributed by atoms with van der Waals surface area (Å²) in [5.74, 6) is 0.567. The SMILES string of the molecule is CN(NC(=O)c1ccc(OCc2ccccc2)cc1)c1ccccc1. The van der Waals surface area contributed by atoms with Crippen molar-refractivity contribution in [3.8, 4) is 5.75 Å². The van der Waals surface area contributed by atoms with Gasteiger partial charge >= 0.3 is 0 Å². The second kappa shape index (κ2) is 8.02. The van der Waals surface area contributed by atoms with E-state index in [1.54, 1.807) is 29.3 Å². The van der Waals surface area contributed by atoms with Crippen LogP contribution in [0.5, 0.6) is 5.75 Å². The van der Waals surface area contributed by atoms with E-state index in [0.717, 1.165) is 17.0 Å². The lowest BCUT2D eigenvalue weighted by atomic mass is 10.2. The number of nitrogens with zero attached hydrogens (tertiary/aromatic N) is 1. The Balaban J connectivity index is 1.57. The van der Waals surface area contributed by atoms with Gasteiger partial charge in [0.15, 0.2) is 0 Å². The Morgan fingerprint density at radius 1 is 0.880 bits per heavy atom. The molecule has 3 aromatic rings. The lowest BCUT2D eigenvalue weighted by molar-refractivity contribution is 0.0951. The van der Waals surface area contributed by atoms with Gasteiger partial charge in [0, 0.05) is 12.6 Å². The van der Waals surface area contributed by atoms with E-state index in [1.807, 2.05) is 67.7 Å². The van der Waals surface area contributed by atoms with Crippen molar-refractivity contribution in [1.82, 2.24) is 5.43 Å².